The number of aromatic nitrogens is 1. The number of pyridine rings is 1. The number of carbonyl (C=O) groups is 1. The summed E-state index contributed by atoms with van der Waals surface area (Å²) in [5.74, 6) is 0.00275. The monoisotopic (exact) mass is 374 g/mol. The van der Waals surface area contributed by atoms with Crippen LogP contribution in [-0.4, -0.2) is 52.3 Å². The molecule has 0 saturated carbocycles. The molecule has 1 N–H and O–H groups in total. The summed E-state index contributed by atoms with van der Waals surface area (Å²) < 4.78 is 5.94. The van der Waals surface area contributed by atoms with Crippen LogP contribution >= 0.6 is 11.6 Å². The highest BCUT2D eigenvalue weighted by Gasteiger charge is 2.44. The van der Waals surface area contributed by atoms with Gasteiger partial charge in [0.05, 0.1) is 22.8 Å². The summed E-state index contributed by atoms with van der Waals surface area (Å²) in [4.78, 5) is 19.5. The molecule has 6 heteroatoms. The zero-order valence-electron chi connectivity index (χ0n) is 14.9. The first-order chi connectivity index (χ1) is 12.5. The van der Waals surface area contributed by atoms with E-state index in [-0.39, 0.29) is 5.91 Å². The molecule has 1 aromatic carbocycles. The zero-order valence-corrected chi connectivity index (χ0v) is 15.6. The number of aryl methyl sites for hydroxylation is 1. The highest BCUT2D eigenvalue weighted by atomic mass is 35.5. The van der Waals surface area contributed by atoms with E-state index >= 15 is 0 Å². The molecule has 0 aliphatic carbocycles. The Bertz CT molecular complexity index is 841. The summed E-state index contributed by atoms with van der Waals surface area (Å²) in [6, 6.07) is 7.28. The minimum Gasteiger partial charge on any atom is -0.390 e. The molecule has 1 spiro atoms. The average Bonchev–Trinajstić information content (AvgIpc) is 2.63. The van der Waals surface area contributed by atoms with Gasteiger partial charge in [-0.1, -0.05) is 17.7 Å². The summed E-state index contributed by atoms with van der Waals surface area (Å²) >= 11 is 6.07. The fourth-order valence-electron chi connectivity index (χ4n) is 4.16. The average molecular weight is 375 g/mol. The van der Waals surface area contributed by atoms with Crippen LogP contribution in [-0.2, 0) is 4.74 Å². The van der Waals surface area contributed by atoms with Crippen LogP contribution in [0.25, 0.3) is 10.9 Å². The minimum atomic E-state index is -0.473. The number of nitrogens with zero attached hydrogens (tertiary/aromatic N) is 2. The van der Waals surface area contributed by atoms with E-state index < -0.39 is 11.7 Å². The van der Waals surface area contributed by atoms with Crippen molar-refractivity contribution in [3.8, 4) is 0 Å². The third kappa shape index (κ3) is 3.08. The Morgan fingerprint density at radius 2 is 2.12 bits per heavy atom. The van der Waals surface area contributed by atoms with E-state index in [0.29, 0.717) is 43.1 Å². The number of carbonyl (C=O) groups excluding carboxylic acids is 1. The molecule has 0 radical (unpaired) electrons. The van der Waals surface area contributed by atoms with Gasteiger partial charge < -0.3 is 14.7 Å². The van der Waals surface area contributed by atoms with Crippen molar-refractivity contribution in [2.24, 2.45) is 0 Å². The van der Waals surface area contributed by atoms with E-state index in [0.717, 1.165) is 29.4 Å². The lowest BCUT2D eigenvalue weighted by Crippen LogP contribution is -2.56. The molecule has 138 valence electrons. The van der Waals surface area contributed by atoms with Gasteiger partial charge >= 0.3 is 0 Å². The van der Waals surface area contributed by atoms with E-state index in [4.69, 9.17) is 16.3 Å². The lowest BCUT2D eigenvalue weighted by atomic mass is 9.82. The number of amides is 1. The number of hydrogen-bond acceptors (Lipinski definition) is 4. The lowest BCUT2D eigenvalue weighted by Gasteiger charge is -2.46. The number of hydrogen-bond donors (Lipinski definition) is 1. The molecule has 3 heterocycles. The maximum Gasteiger partial charge on any atom is 0.254 e. The van der Waals surface area contributed by atoms with Crippen LogP contribution < -0.4 is 0 Å². The molecule has 0 unspecified atom stereocenters. The molecule has 5 nitrogen and oxygen atoms in total. The fourth-order valence-corrected chi connectivity index (χ4v) is 4.32. The molecule has 1 atom stereocenters. The number of aliphatic hydroxyl groups excluding tert-OH is 1. The van der Waals surface area contributed by atoms with E-state index in [1.807, 2.05) is 24.0 Å². The minimum absolute atomic E-state index is 0.00275. The van der Waals surface area contributed by atoms with Crippen molar-refractivity contribution < 1.29 is 14.6 Å². The Hall–Kier alpha value is -1.69. The number of fused-ring (bicyclic) bond motifs is 1. The summed E-state index contributed by atoms with van der Waals surface area (Å²) in [5, 5.41) is 11.8. The number of benzene rings is 1. The Labute approximate surface area is 157 Å². The van der Waals surface area contributed by atoms with Crippen molar-refractivity contribution in [1.29, 1.82) is 0 Å². The van der Waals surface area contributed by atoms with Crippen LogP contribution in [0, 0.1) is 6.92 Å². The summed E-state index contributed by atoms with van der Waals surface area (Å²) in [6.07, 6.45) is 2.60. The first-order valence-electron chi connectivity index (χ1n) is 9.17. The molecule has 2 aliphatic rings. The molecule has 2 aliphatic heterocycles. The second kappa shape index (κ2) is 6.80. The van der Waals surface area contributed by atoms with Gasteiger partial charge in [-0.25, -0.2) is 0 Å². The summed E-state index contributed by atoms with van der Waals surface area (Å²) in [6.45, 7) is 3.76. The molecular weight excluding hydrogens is 352 g/mol. The molecule has 1 amide bonds. The van der Waals surface area contributed by atoms with Gasteiger partial charge in [0.1, 0.15) is 0 Å². The van der Waals surface area contributed by atoms with E-state index in [2.05, 4.69) is 4.98 Å². The lowest BCUT2D eigenvalue weighted by molar-refractivity contribution is -0.174. The van der Waals surface area contributed by atoms with E-state index in [9.17, 15) is 9.90 Å². The maximum atomic E-state index is 13.2. The third-order valence-corrected chi connectivity index (χ3v) is 5.88. The zero-order chi connectivity index (χ0) is 18.3. The van der Waals surface area contributed by atoms with Crippen LogP contribution in [0.3, 0.4) is 0 Å². The van der Waals surface area contributed by atoms with Gasteiger partial charge in [-0.3, -0.25) is 9.78 Å². The summed E-state index contributed by atoms with van der Waals surface area (Å²) in [5.41, 5.74) is 1.71. The Balaban J connectivity index is 1.58. The molecule has 4 rings (SSSR count). The van der Waals surface area contributed by atoms with E-state index in [1.54, 1.807) is 12.1 Å². The molecule has 1 aromatic heterocycles. The molecule has 0 bridgehead atoms. The number of likely N-dealkylation sites (tertiary alicyclic amines) is 1. The Kier molecular flexibility index (Phi) is 4.63. The Morgan fingerprint density at radius 3 is 2.85 bits per heavy atom. The number of piperidine rings is 1. The number of halogens is 1. The van der Waals surface area contributed by atoms with Gasteiger partial charge in [-0.15, -0.1) is 0 Å². The molecule has 26 heavy (non-hydrogen) atoms. The quantitative estimate of drug-likeness (QED) is 0.831. The highest BCUT2D eigenvalue weighted by molar-refractivity contribution is 6.31. The van der Waals surface area contributed by atoms with Gasteiger partial charge in [0.25, 0.3) is 5.91 Å². The number of rotatable bonds is 1. The van der Waals surface area contributed by atoms with Crippen LogP contribution in [0.5, 0.6) is 0 Å². The van der Waals surface area contributed by atoms with Crippen molar-refractivity contribution in [2.75, 3.05) is 19.7 Å². The predicted molar refractivity (Wildman–Crippen MR) is 101 cm³/mol. The third-order valence-electron chi connectivity index (χ3n) is 5.65. The summed E-state index contributed by atoms with van der Waals surface area (Å²) in [7, 11) is 0. The molecule has 2 saturated heterocycles. The normalized spacial score (nSPS) is 22.7. The van der Waals surface area contributed by atoms with Crippen molar-refractivity contribution in [2.45, 2.75) is 44.3 Å². The number of ether oxygens (including phenoxy) is 1. The first kappa shape index (κ1) is 17.7. The van der Waals surface area contributed by atoms with Crippen LogP contribution in [0.1, 0.15) is 41.7 Å². The standard InChI is InChI=1S/C20H23ClN2O3/c1-13-11-16(15-5-4-14(21)12-17(15)22-13)19(25)23-8-6-20(7-9-23)18(24)3-2-10-26-20/h4-5,11-12,18,24H,2-3,6-10H2,1H3/t18-/m1/s1. The maximum absolute atomic E-state index is 13.2. The van der Waals surface area contributed by atoms with Gasteiger partial charge in [-0.2, -0.15) is 0 Å². The predicted octanol–water partition coefficient (Wildman–Crippen LogP) is 3.34. The highest BCUT2D eigenvalue weighted by Crippen LogP contribution is 2.36. The second-order valence-electron chi connectivity index (χ2n) is 7.34. The molecular formula is C20H23ClN2O3. The second-order valence-corrected chi connectivity index (χ2v) is 7.77. The first-order valence-corrected chi connectivity index (χ1v) is 9.54. The van der Waals surface area contributed by atoms with Crippen molar-refractivity contribution in [3.63, 3.8) is 0 Å². The number of aliphatic hydroxyl groups is 1. The van der Waals surface area contributed by atoms with Crippen molar-refractivity contribution in [3.05, 3.63) is 40.5 Å². The van der Waals surface area contributed by atoms with Gasteiger partial charge in [0.2, 0.25) is 0 Å². The molecule has 2 aromatic rings. The van der Waals surface area contributed by atoms with Gasteiger partial charge in [0.15, 0.2) is 0 Å². The van der Waals surface area contributed by atoms with E-state index in [1.165, 1.54) is 0 Å². The SMILES string of the molecule is Cc1cc(C(=O)N2CCC3(CC2)OCCC[C@H]3O)c2ccc(Cl)cc2n1. The fraction of sp³-hybridized carbons (Fsp3) is 0.500. The largest absolute Gasteiger partial charge is 0.390 e. The van der Waals surface area contributed by atoms with Gasteiger partial charge in [0, 0.05) is 35.8 Å². The smallest absolute Gasteiger partial charge is 0.254 e. The van der Waals surface area contributed by atoms with Crippen LogP contribution in [0.2, 0.25) is 5.02 Å². The van der Waals surface area contributed by atoms with Crippen LogP contribution in [0.4, 0.5) is 0 Å². The Morgan fingerprint density at radius 1 is 1.35 bits per heavy atom. The van der Waals surface area contributed by atoms with Crippen LogP contribution in [0.15, 0.2) is 24.3 Å². The topological polar surface area (TPSA) is 62.7 Å². The van der Waals surface area contributed by atoms with Crippen molar-refractivity contribution >= 4 is 28.4 Å². The molecule has 2 fully saturated rings. The van der Waals surface area contributed by atoms with Crippen molar-refractivity contribution in [1.82, 2.24) is 9.88 Å². The van der Waals surface area contributed by atoms with Gasteiger partial charge in [-0.05, 0) is 50.8 Å².